The van der Waals surface area contributed by atoms with Crippen LogP contribution in [0.3, 0.4) is 0 Å². The molecule has 3 heterocycles. The molecule has 22 heavy (non-hydrogen) atoms. The molecule has 1 aromatic rings. The first-order valence-corrected chi connectivity index (χ1v) is 7.96. The van der Waals surface area contributed by atoms with Crippen LogP contribution in [0.1, 0.15) is 5.56 Å². The lowest BCUT2D eigenvalue weighted by molar-refractivity contribution is -0.0143. The highest BCUT2D eigenvalue weighted by Crippen LogP contribution is 2.31. The molecule has 1 aromatic carbocycles. The number of hydrogen-bond acceptors (Lipinski definition) is 5. The minimum Gasteiger partial charge on any atom is -0.384 e. The summed E-state index contributed by atoms with van der Waals surface area (Å²) >= 11 is 6.01. The van der Waals surface area contributed by atoms with E-state index in [2.05, 4.69) is 38.8 Å². The Hall–Kier alpha value is -1.69. The van der Waals surface area contributed by atoms with Crippen molar-refractivity contribution in [3.63, 3.8) is 0 Å². The van der Waals surface area contributed by atoms with Gasteiger partial charge in [-0.3, -0.25) is 4.90 Å². The molecule has 0 radical (unpaired) electrons. The largest absolute Gasteiger partial charge is 0.384 e. The van der Waals surface area contributed by atoms with Crippen LogP contribution in [0.4, 0.5) is 0 Å². The molecular weight excluding hydrogens is 300 g/mol. The third kappa shape index (κ3) is 2.45. The molecule has 0 amide bonds. The maximum atomic E-state index is 6.01. The number of ether oxygens (including phenoxy) is 1. The van der Waals surface area contributed by atoms with Gasteiger partial charge >= 0.3 is 0 Å². The van der Waals surface area contributed by atoms with E-state index in [1.165, 1.54) is 11.4 Å². The summed E-state index contributed by atoms with van der Waals surface area (Å²) in [5.74, 6) is 0. The van der Waals surface area contributed by atoms with Gasteiger partial charge in [-0.2, -0.15) is 0 Å². The molecule has 0 spiro atoms. The van der Waals surface area contributed by atoms with Crippen molar-refractivity contribution < 1.29 is 4.74 Å². The van der Waals surface area contributed by atoms with Crippen molar-refractivity contribution in [1.29, 1.82) is 0 Å². The van der Waals surface area contributed by atoms with Gasteiger partial charge in [0.05, 0.1) is 31.2 Å². The van der Waals surface area contributed by atoms with Gasteiger partial charge in [0, 0.05) is 30.5 Å². The summed E-state index contributed by atoms with van der Waals surface area (Å²) in [5, 5.41) is 7.74. The van der Waals surface area contributed by atoms with Crippen molar-refractivity contribution in [2.24, 2.45) is 0 Å². The van der Waals surface area contributed by atoms with E-state index >= 15 is 0 Å². The van der Waals surface area contributed by atoms with Gasteiger partial charge in [0.15, 0.2) is 6.29 Å². The number of morpholine rings is 1. The predicted octanol–water partition coefficient (Wildman–Crippen LogP) is 1.60. The van der Waals surface area contributed by atoms with Crippen LogP contribution in [0, 0.1) is 0 Å². The normalized spacial score (nSPS) is 25.0. The topological polar surface area (TPSA) is 39.8 Å². The quantitative estimate of drug-likeness (QED) is 0.867. The average Bonchev–Trinajstić information content (AvgIpc) is 2.96. The highest BCUT2D eigenvalue weighted by Gasteiger charge is 2.35. The number of fused-ring (bicyclic) bond motifs is 1. The van der Waals surface area contributed by atoms with Crippen LogP contribution in [0.25, 0.3) is 5.70 Å². The Morgan fingerprint density at radius 1 is 1.14 bits per heavy atom. The Balaban J connectivity index is 1.66. The summed E-state index contributed by atoms with van der Waals surface area (Å²) in [6, 6.07) is 8.00. The molecule has 0 bridgehead atoms. The molecule has 3 aliphatic heterocycles. The number of hydrogen-bond donors (Lipinski definition) is 2. The molecule has 0 saturated carbocycles. The first-order valence-electron chi connectivity index (χ1n) is 7.59. The van der Waals surface area contributed by atoms with E-state index in [1.807, 2.05) is 18.3 Å². The molecular formula is C16H19ClN4O. The Labute approximate surface area is 135 Å². The van der Waals surface area contributed by atoms with E-state index in [1.54, 1.807) is 0 Å². The Morgan fingerprint density at radius 2 is 1.91 bits per heavy atom. The summed E-state index contributed by atoms with van der Waals surface area (Å²) < 4.78 is 5.47. The van der Waals surface area contributed by atoms with E-state index in [-0.39, 0.29) is 6.29 Å². The van der Waals surface area contributed by atoms with Crippen molar-refractivity contribution in [2.75, 3.05) is 32.8 Å². The van der Waals surface area contributed by atoms with Crippen molar-refractivity contribution in [3.8, 4) is 0 Å². The van der Waals surface area contributed by atoms with Gasteiger partial charge < -0.3 is 20.3 Å². The van der Waals surface area contributed by atoms with Gasteiger partial charge in [-0.05, 0) is 17.7 Å². The molecule has 1 atom stereocenters. The third-order valence-corrected chi connectivity index (χ3v) is 4.54. The zero-order chi connectivity index (χ0) is 14.9. The van der Waals surface area contributed by atoms with E-state index < -0.39 is 0 Å². The van der Waals surface area contributed by atoms with Gasteiger partial charge in [-0.25, -0.2) is 0 Å². The molecule has 2 N–H and O–H groups in total. The maximum Gasteiger partial charge on any atom is 0.162 e. The summed E-state index contributed by atoms with van der Waals surface area (Å²) in [6.45, 7) is 4.29. The van der Waals surface area contributed by atoms with Crippen LogP contribution < -0.4 is 10.6 Å². The highest BCUT2D eigenvalue weighted by atomic mass is 35.5. The molecule has 1 saturated heterocycles. The van der Waals surface area contributed by atoms with E-state index in [4.69, 9.17) is 16.3 Å². The zero-order valence-electron chi connectivity index (χ0n) is 12.3. The van der Waals surface area contributed by atoms with Gasteiger partial charge in [0.1, 0.15) is 0 Å². The van der Waals surface area contributed by atoms with Crippen molar-refractivity contribution >= 4 is 17.3 Å². The number of halogens is 1. The molecule has 1 unspecified atom stereocenters. The molecule has 0 aromatic heterocycles. The fraction of sp³-hybridized carbons (Fsp3) is 0.375. The fourth-order valence-corrected chi connectivity index (χ4v) is 3.28. The minimum atomic E-state index is 0.155. The van der Waals surface area contributed by atoms with Gasteiger partial charge in [-0.1, -0.05) is 23.7 Å². The average molecular weight is 319 g/mol. The van der Waals surface area contributed by atoms with Crippen molar-refractivity contribution in [2.45, 2.75) is 6.29 Å². The number of nitrogens with one attached hydrogen (secondary N) is 2. The van der Waals surface area contributed by atoms with Crippen LogP contribution in [0.2, 0.25) is 5.02 Å². The molecule has 1 fully saturated rings. The van der Waals surface area contributed by atoms with Crippen LogP contribution in [0.15, 0.2) is 42.4 Å². The highest BCUT2D eigenvalue weighted by molar-refractivity contribution is 6.30. The maximum absolute atomic E-state index is 6.01. The number of nitrogens with zero attached hydrogens (tertiary/aromatic N) is 2. The van der Waals surface area contributed by atoms with Crippen molar-refractivity contribution in [1.82, 2.24) is 20.4 Å². The van der Waals surface area contributed by atoms with Gasteiger partial charge in [-0.15, -0.1) is 0 Å². The second-order valence-corrected chi connectivity index (χ2v) is 6.04. The van der Waals surface area contributed by atoms with Crippen LogP contribution in [0.5, 0.6) is 0 Å². The molecule has 0 aliphatic carbocycles. The van der Waals surface area contributed by atoms with E-state index in [0.29, 0.717) is 0 Å². The molecule has 3 aliphatic rings. The van der Waals surface area contributed by atoms with E-state index in [0.717, 1.165) is 43.4 Å². The van der Waals surface area contributed by atoms with Crippen LogP contribution in [-0.4, -0.2) is 48.9 Å². The van der Waals surface area contributed by atoms with E-state index in [9.17, 15) is 0 Å². The molecule has 6 heteroatoms. The summed E-state index contributed by atoms with van der Waals surface area (Å²) in [6.07, 6.45) is 4.26. The molecule has 116 valence electrons. The molecule has 4 rings (SSSR count). The number of rotatable bonds is 2. The Bertz CT molecular complexity index is 607. The first kappa shape index (κ1) is 13.9. The zero-order valence-corrected chi connectivity index (χ0v) is 13.0. The first-order chi connectivity index (χ1) is 10.8. The SMILES string of the molecule is Clc1ccc(C2=C3CNC=CN3C(N3CCOCC3)N2)cc1. The minimum absolute atomic E-state index is 0.155. The second kappa shape index (κ2) is 5.83. The van der Waals surface area contributed by atoms with Crippen LogP contribution >= 0.6 is 11.6 Å². The second-order valence-electron chi connectivity index (χ2n) is 5.60. The monoisotopic (exact) mass is 318 g/mol. The van der Waals surface area contributed by atoms with Crippen molar-refractivity contribution in [3.05, 3.63) is 52.9 Å². The lowest BCUT2D eigenvalue weighted by atomic mass is 10.1. The third-order valence-electron chi connectivity index (χ3n) is 4.28. The van der Waals surface area contributed by atoms with Crippen LogP contribution in [-0.2, 0) is 4.74 Å². The lowest BCUT2D eigenvalue weighted by Gasteiger charge is -2.38. The fourth-order valence-electron chi connectivity index (χ4n) is 3.15. The molecule has 5 nitrogen and oxygen atoms in total. The predicted molar refractivity (Wildman–Crippen MR) is 86.7 cm³/mol. The smallest absolute Gasteiger partial charge is 0.162 e. The Morgan fingerprint density at radius 3 is 2.68 bits per heavy atom. The summed E-state index contributed by atoms with van der Waals surface area (Å²) in [7, 11) is 0. The lowest BCUT2D eigenvalue weighted by Crippen LogP contribution is -2.54. The standard InChI is InChI=1S/C16H19ClN4O/c17-13-3-1-12(2-4-13)15-14-11-18-5-6-21(14)16(19-15)20-7-9-22-10-8-20/h1-6,16,18-19H,7-11H2. The number of benzene rings is 1. The van der Waals surface area contributed by atoms with Gasteiger partial charge in [0.2, 0.25) is 0 Å². The summed E-state index contributed by atoms with van der Waals surface area (Å²) in [5.41, 5.74) is 3.60. The summed E-state index contributed by atoms with van der Waals surface area (Å²) in [4.78, 5) is 4.73. The Kier molecular flexibility index (Phi) is 3.70. The van der Waals surface area contributed by atoms with Gasteiger partial charge in [0.25, 0.3) is 0 Å².